The van der Waals surface area contributed by atoms with E-state index in [4.69, 9.17) is 0 Å². The summed E-state index contributed by atoms with van der Waals surface area (Å²) in [6.07, 6.45) is 5.82. The third-order valence-electron chi connectivity index (χ3n) is 1.56. The summed E-state index contributed by atoms with van der Waals surface area (Å²) in [5, 5.41) is 0. The zero-order valence-corrected chi connectivity index (χ0v) is 6.04. The fourth-order valence-electron chi connectivity index (χ4n) is 1.03. The van der Waals surface area contributed by atoms with Crippen molar-refractivity contribution < 1.29 is 0 Å². The molecule has 56 valence electrons. The summed E-state index contributed by atoms with van der Waals surface area (Å²) < 4.78 is 0. The van der Waals surface area contributed by atoms with Crippen LogP contribution in [0.2, 0.25) is 0 Å². The van der Waals surface area contributed by atoms with Gasteiger partial charge < -0.3 is 5.43 Å². The number of nitrogens with one attached hydrogen (secondary N) is 2. The smallest absolute Gasteiger partial charge is 0.0871 e. The van der Waals surface area contributed by atoms with Gasteiger partial charge in [-0.05, 0) is 18.2 Å². The number of hydrogen-bond acceptors (Lipinski definition) is 3. The molecule has 2 heterocycles. The lowest BCUT2D eigenvalue weighted by atomic mass is 10.3. The summed E-state index contributed by atoms with van der Waals surface area (Å²) in [4.78, 5) is 4.19. The molecule has 3 heteroatoms. The maximum Gasteiger partial charge on any atom is 0.0871 e. The second kappa shape index (κ2) is 2.72. The highest BCUT2D eigenvalue weighted by Gasteiger charge is 1.99. The molecule has 0 saturated heterocycles. The van der Waals surface area contributed by atoms with Crippen LogP contribution in [0.3, 0.4) is 0 Å². The molecule has 3 nitrogen and oxygen atoms in total. The van der Waals surface area contributed by atoms with Gasteiger partial charge in [0.2, 0.25) is 0 Å². The van der Waals surface area contributed by atoms with Gasteiger partial charge in [0.1, 0.15) is 0 Å². The van der Waals surface area contributed by atoms with Crippen molar-refractivity contribution in [2.75, 3.05) is 12.0 Å². The third kappa shape index (κ3) is 1.23. The van der Waals surface area contributed by atoms with E-state index >= 15 is 0 Å². The number of hydrazine groups is 1. The molecule has 1 aromatic rings. The number of nitrogens with zero attached hydrogens (tertiary/aromatic N) is 1. The predicted octanol–water partition coefficient (Wildman–Crippen LogP) is 1.02. The quantitative estimate of drug-likeness (QED) is 0.575. The fourth-order valence-corrected chi connectivity index (χ4v) is 1.03. The van der Waals surface area contributed by atoms with Crippen molar-refractivity contribution in [3.8, 4) is 0 Å². The first-order valence-electron chi connectivity index (χ1n) is 3.57. The number of fused-ring (bicyclic) bond motifs is 1. The van der Waals surface area contributed by atoms with Crippen LogP contribution >= 0.6 is 0 Å². The Kier molecular flexibility index (Phi) is 1.57. The molecule has 0 unspecified atom stereocenters. The molecule has 0 amide bonds. The zero-order chi connectivity index (χ0) is 7.52. The summed E-state index contributed by atoms with van der Waals surface area (Å²) in [6.45, 7) is 0.830. The molecule has 0 aromatic carbocycles. The topological polar surface area (TPSA) is 37.0 Å². The summed E-state index contributed by atoms with van der Waals surface area (Å²) in [5.41, 5.74) is 8.09. The summed E-state index contributed by atoms with van der Waals surface area (Å²) in [5.74, 6) is 0. The number of aromatic nitrogens is 1. The molecular weight excluding hydrogens is 138 g/mol. The van der Waals surface area contributed by atoms with E-state index in [1.807, 2.05) is 24.3 Å². The molecule has 0 radical (unpaired) electrons. The highest BCUT2D eigenvalue weighted by Crippen LogP contribution is 2.13. The first-order chi connectivity index (χ1) is 5.47. The van der Waals surface area contributed by atoms with E-state index in [1.54, 1.807) is 6.20 Å². The standard InChI is InChI=1S/C8H9N3/c1-4-8-7(9-5-1)3-2-6-10-11-8/h1-5,10-11H,6H2. The molecule has 1 aromatic heterocycles. The third-order valence-corrected chi connectivity index (χ3v) is 1.56. The van der Waals surface area contributed by atoms with Gasteiger partial charge in [-0.25, -0.2) is 5.43 Å². The second-order valence-electron chi connectivity index (χ2n) is 2.34. The van der Waals surface area contributed by atoms with Crippen molar-refractivity contribution in [1.82, 2.24) is 10.4 Å². The molecule has 0 bridgehead atoms. The van der Waals surface area contributed by atoms with Crippen molar-refractivity contribution in [3.05, 3.63) is 30.1 Å². The van der Waals surface area contributed by atoms with Gasteiger partial charge in [0.05, 0.1) is 11.4 Å². The Morgan fingerprint density at radius 3 is 3.45 bits per heavy atom. The van der Waals surface area contributed by atoms with Crippen LogP contribution in [0, 0.1) is 0 Å². The molecule has 2 N–H and O–H groups in total. The molecule has 0 atom stereocenters. The van der Waals surface area contributed by atoms with Gasteiger partial charge in [-0.1, -0.05) is 6.08 Å². The lowest BCUT2D eigenvalue weighted by molar-refractivity contribution is 0.901. The summed E-state index contributed by atoms with van der Waals surface area (Å²) in [7, 11) is 0. The van der Waals surface area contributed by atoms with Crippen LogP contribution < -0.4 is 10.9 Å². The van der Waals surface area contributed by atoms with Gasteiger partial charge in [0, 0.05) is 12.7 Å². The Balaban J connectivity index is 2.45. The Bertz CT molecular complexity index is 280. The number of anilines is 1. The summed E-state index contributed by atoms with van der Waals surface area (Å²) >= 11 is 0. The number of pyridine rings is 1. The SMILES string of the molecule is C1=Cc2ncccc2NNC1. The predicted molar refractivity (Wildman–Crippen MR) is 44.9 cm³/mol. The van der Waals surface area contributed by atoms with Crippen LogP contribution in [0.15, 0.2) is 24.4 Å². The van der Waals surface area contributed by atoms with Gasteiger partial charge in [0.25, 0.3) is 0 Å². The van der Waals surface area contributed by atoms with Gasteiger partial charge in [-0.3, -0.25) is 4.98 Å². The Morgan fingerprint density at radius 1 is 1.45 bits per heavy atom. The number of rotatable bonds is 0. The van der Waals surface area contributed by atoms with E-state index in [0.29, 0.717) is 0 Å². The molecule has 0 aliphatic carbocycles. The minimum atomic E-state index is 0.830. The van der Waals surface area contributed by atoms with Crippen LogP contribution in [0.4, 0.5) is 5.69 Å². The molecule has 11 heavy (non-hydrogen) atoms. The van der Waals surface area contributed by atoms with Crippen LogP contribution in [-0.2, 0) is 0 Å². The lowest BCUT2D eigenvalue weighted by Crippen LogP contribution is -2.20. The fraction of sp³-hybridized carbons (Fsp3) is 0.125. The van der Waals surface area contributed by atoms with Crippen LogP contribution in [-0.4, -0.2) is 11.5 Å². The average molecular weight is 147 g/mol. The monoisotopic (exact) mass is 147 g/mol. The molecule has 0 spiro atoms. The Morgan fingerprint density at radius 2 is 2.45 bits per heavy atom. The van der Waals surface area contributed by atoms with E-state index in [-0.39, 0.29) is 0 Å². The van der Waals surface area contributed by atoms with Crippen molar-refractivity contribution >= 4 is 11.8 Å². The van der Waals surface area contributed by atoms with E-state index in [0.717, 1.165) is 17.9 Å². The van der Waals surface area contributed by atoms with E-state index in [1.165, 1.54) is 0 Å². The molecule has 0 fully saturated rings. The Hall–Kier alpha value is -1.35. The van der Waals surface area contributed by atoms with Gasteiger partial charge in [0.15, 0.2) is 0 Å². The maximum atomic E-state index is 4.19. The molecular formula is C8H9N3. The van der Waals surface area contributed by atoms with Crippen molar-refractivity contribution in [2.45, 2.75) is 0 Å². The van der Waals surface area contributed by atoms with Crippen LogP contribution in [0.5, 0.6) is 0 Å². The van der Waals surface area contributed by atoms with Gasteiger partial charge in [-0.2, -0.15) is 0 Å². The second-order valence-corrected chi connectivity index (χ2v) is 2.34. The molecule has 2 rings (SSSR count). The van der Waals surface area contributed by atoms with E-state index in [2.05, 4.69) is 15.8 Å². The van der Waals surface area contributed by atoms with Crippen molar-refractivity contribution in [2.24, 2.45) is 0 Å². The van der Waals surface area contributed by atoms with Gasteiger partial charge >= 0.3 is 0 Å². The van der Waals surface area contributed by atoms with Gasteiger partial charge in [-0.15, -0.1) is 0 Å². The summed E-state index contributed by atoms with van der Waals surface area (Å²) in [6, 6.07) is 3.90. The zero-order valence-electron chi connectivity index (χ0n) is 6.04. The molecule has 0 saturated carbocycles. The normalized spacial score (nSPS) is 14.9. The molecule has 1 aliphatic rings. The highest BCUT2D eigenvalue weighted by molar-refractivity contribution is 5.63. The van der Waals surface area contributed by atoms with Crippen LogP contribution in [0.25, 0.3) is 6.08 Å². The lowest BCUT2D eigenvalue weighted by Gasteiger charge is -2.04. The minimum absolute atomic E-state index is 0.830. The largest absolute Gasteiger partial charge is 0.319 e. The van der Waals surface area contributed by atoms with E-state index in [9.17, 15) is 0 Å². The molecule has 1 aliphatic heterocycles. The first-order valence-corrected chi connectivity index (χ1v) is 3.57. The Labute approximate surface area is 65.1 Å². The first kappa shape index (κ1) is 6.37. The van der Waals surface area contributed by atoms with Crippen LogP contribution in [0.1, 0.15) is 5.69 Å². The minimum Gasteiger partial charge on any atom is -0.319 e. The maximum absolute atomic E-state index is 4.19. The highest BCUT2D eigenvalue weighted by atomic mass is 15.4. The van der Waals surface area contributed by atoms with Crippen molar-refractivity contribution in [3.63, 3.8) is 0 Å². The number of hydrogen-bond donors (Lipinski definition) is 2. The van der Waals surface area contributed by atoms with E-state index < -0.39 is 0 Å². The average Bonchev–Trinajstić information content (AvgIpc) is 2.28. The van der Waals surface area contributed by atoms with Crippen molar-refractivity contribution in [1.29, 1.82) is 0 Å².